The third kappa shape index (κ3) is 5.92. The minimum Gasteiger partial charge on any atom is -0.394 e. The van der Waals surface area contributed by atoms with Crippen LogP contribution in [0.15, 0.2) is 0 Å². The van der Waals surface area contributed by atoms with Gasteiger partial charge >= 0.3 is 12.9 Å². The number of aliphatic hydroxyl groups excluding tert-OH is 4. The maximum absolute atomic E-state index is 11.5. The molecule has 5 atom stereocenters. The zero-order valence-corrected chi connectivity index (χ0v) is 12.6. The Balaban J connectivity index is 4.95. The van der Waals surface area contributed by atoms with Gasteiger partial charge in [-0.1, -0.05) is 0 Å². The van der Waals surface area contributed by atoms with Crippen molar-refractivity contribution < 1.29 is 46.9 Å². The van der Waals surface area contributed by atoms with Crippen molar-refractivity contribution in [3.8, 4) is 0 Å². The molecule has 0 fully saturated rings. The third-order valence-corrected chi connectivity index (χ3v) is 4.36. The number of hydrogen-bond donors (Lipinski definition) is 4. The summed E-state index contributed by atoms with van der Waals surface area (Å²) < 4.78 is 23.5. The van der Waals surface area contributed by atoms with Crippen LogP contribution in [0.3, 0.4) is 0 Å². The van der Waals surface area contributed by atoms with Crippen molar-refractivity contribution in [2.75, 3.05) is 6.61 Å². The third-order valence-electron chi connectivity index (χ3n) is 1.90. The summed E-state index contributed by atoms with van der Waals surface area (Å²) >= 11 is 0.944. The van der Waals surface area contributed by atoms with Crippen molar-refractivity contribution in [1.82, 2.24) is 0 Å². The van der Waals surface area contributed by atoms with Crippen LogP contribution in [0.4, 0.5) is 0 Å². The normalized spacial score (nSPS) is 20.2. The fourth-order valence-corrected chi connectivity index (χ4v) is 2.20. The van der Waals surface area contributed by atoms with Crippen molar-refractivity contribution in [2.45, 2.75) is 24.4 Å². The highest BCUT2D eigenvalue weighted by Crippen LogP contribution is 2.52. The molecule has 0 saturated heterocycles. The molecule has 0 aromatic rings. The summed E-state index contributed by atoms with van der Waals surface area (Å²) in [6.07, 6.45) is -8.25. The second-order valence-corrected chi connectivity index (χ2v) is 5.85. The van der Waals surface area contributed by atoms with E-state index in [9.17, 15) is 29.7 Å². The Morgan fingerprint density at radius 1 is 1.35 bits per heavy atom. The predicted octanol–water partition coefficient (Wildman–Crippen LogP) is -1.67. The van der Waals surface area contributed by atoms with Gasteiger partial charge < -0.3 is 25.2 Å². The molecule has 1 unspecified atom stereocenters. The summed E-state index contributed by atoms with van der Waals surface area (Å²) in [5.74, 6) is 0. The first-order valence-electron chi connectivity index (χ1n) is 4.74. The summed E-state index contributed by atoms with van der Waals surface area (Å²) in [5, 5.41) is 45.0. The first-order chi connectivity index (χ1) is 9.20. The van der Waals surface area contributed by atoms with E-state index in [4.69, 9.17) is 10.2 Å². The van der Waals surface area contributed by atoms with Crippen LogP contribution < -0.4 is 0 Å². The molecular formula is C6H11INO11P. The Morgan fingerprint density at radius 3 is 2.25 bits per heavy atom. The van der Waals surface area contributed by atoms with Crippen molar-refractivity contribution in [3.63, 3.8) is 0 Å². The van der Waals surface area contributed by atoms with Crippen molar-refractivity contribution in [3.05, 3.63) is 10.1 Å². The fraction of sp³-hybridized carbons (Fsp3) is 0.833. The SMILES string of the molecule is O=C[C@H](OP(=O)(OI)O[N+](=O)[O-])[C@@H](O)[C@H](O)[C@H](O)CO. The molecule has 4 N–H and O–H groups in total. The molecule has 0 aliphatic rings. The van der Waals surface area contributed by atoms with E-state index in [1.165, 1.54) is 0 Å². The predicted molar refractivity (Wildman–Crippen MR) is 66.8 cm³/mol. The molecule has 14 heteroatoms. The zero-order valence-electron chi connectivity index (χ0n) is 9.51. The molecule has 0 rings (SSSR count). The van der Waals surface area contributed by atoms with Gasteiger partial charge in [-0.25, -0.2) is 7.42 Å². The summed E-state index contributed by atoms with van der Waals surface area (Å²) in [5.41, 5.74) is 0. The number of hydrogen-bond acceptors (Lipinski definition) is 11. The van der Waals surface area contributed by atoms with E-state index >= 15 is 0 Å². The quantitative estimate of drug-likeness (QED) is 0.102. The van der Waals surface area contributed by atoms with Crippen LogP contribution in [0.2, 0.25) is 0 Å². The number of rotatable bonds is 10. The van der Waals surface area contributed by atoms with Crippen LogP contribution in [0.1, 0.15) is 0 Å². The lowest BCUT2D eigenvalue weighted by Gasteiger charge is -2.26. The first-order valence-corrected chi connectivity index (χ1v) is 7.08. The molecular weight excluding hydrogens is 420 g/mol. The van der Waals surface area contributed by atoms with E-state index in [1.807, 2.05) is 0 Å². The lowest BCUT2D eigenvalue weighted by molar-refractivity contribution is -0.717. The number of nitrogens with zero attached hydrogens (tertiary/aromatic N) is 1. The Hall–Kier alpha value is -0.410. The Labute approximate surface area is 125 Å². The molecule has 12 nitrogen and oxygen atoms in total. The lowest BCUT2D eigenvalue weighted by Crippen LogP contribution is -2.47. The second-order valence-electron chi connectivity index (χ2n) is 3.26. The van der Waals surface area contributed by atoms with Crippen molar-refractivity contribution in [1.29, 1.82) is 0 Å². The van der Waals surface area contributed by atoms with Crippen LogP contribution in [0, 0.1) is 10.1 Å². The number of carbonyl (C=O) groups is 1. The van der Waals surface area contributed by atoms with E-state index < -0.39 is 43.9 Å². The van der Waals surface area contributed by atoms with Gasteiger partial charge in [-0.2, -0.15) is 4.62 Å². The Bertz CT molecular complexity index is 380. The summed E-state index contributed by atoms with van der Waals surface area (Å²) in [7, 11) is -4.82. The topological polar surface area (TPSA) is 186 Å². The maximum Gasteiger partial charge on any atom is 0.516 e. The Morgan fingerprint density at radius 2 is 1.90 bits per heavy atom. The maximum atomic E-state index is 11.5. The van der Waals surface area contributed by atoms with Crippen LogP contribution >= 0.6 is 30.8 Å². The number of aliphatic hydroxyl groups is 4. The summed E-state index contributed by atoms with van der Waals surface area (Å²) in [6.45, 7) is -0.949. The minimum atomic E-state index is -4.82. The average Bonchev–Trinajstić information content (AvgIpc) is 2.41. The van der Waals surface area contributed by atoms with Gasteiger partial charge in [-0.05, 0) is 0 Å². The standard InChI is InChI=1S/C6H11INO11P/c7-18-20(16,19-8(14)15)17-4(2-10)6(13)5(12)3(11)1-9/h2-6,9,11-13H,1H2/t3-,4+,5-,6-,20?/m1/s1. The van der Waals surface area contributed by atoms with Crippen LogP contribution in [0.5, 0.6) is 0 Å². The molecule has 20 heavy (non-hydrogen) atoms. The molecule has 0 bridgehead atoms. The van der Waals surface area contributed by atoms with Gasteiger partial charge in [0.15, 0.2) is 12.4 Å². The number of phosphoric acid groups is 1. The second kappa shape index (κ2) is 8.78. The van der Waals surface area contributed by atoms with E-state index in [2.05, 4.69) is 12.0 Å². The molecule has 0 aliphatic heterocycles. The monoisotopic (exact) mass is 431 g/mol. The van der Waals surface area contributed by atoms with E-state index in [1.54, 1.807) is 0 Å². The van der Waals surface area contributed by atoms with Gasteiger partial charge in [0.2, 0.25) is 0 Å². The van der Waals surface area contributed by atoms with Gasteiger partial charge in [0.1, 0.15) is 41.3 Å². The van der Waals surface area contributed by atoms with Crippen molar-refractivity contribution >= 4 is 37.1 Å². The fourth-order valence-electron chi connectivity index (χ4n) is 0.976. The average molecular weight is 431 g/mol. The highest BCUT2D eigenvalue weighted by Gasteiger charge is 2.40. The van der Waals surface area contributed by atoms with E-state index in [-0.39, 0.29) is 6.29 Å². The molecule has 0 saturated carbocycles. The molecule has 0 radical (unpaired) electrons. The highest BCUT2D eigenvalue weighted by atomic mass is 127. The summed E-state index contributed by atoms with van der Waals surface area (Å²) in [4.78, 5) is 20.8. The zero-order chi connectivity index (χ0) is 15.9. The Kier molecular flexibility index (Phi) is 8.60. The molecule has 0 aromatic carbocycles. The van der Waals surface area contributed by atoms with Crippen LogP contribution in [0.25, 0.3) is 0 Å². The van der Waals surface area contributed by atoms with Crippen LogP contribution in [-0.4, -0.2) is 62.8 Å². The molecule has 0 aliphatic carbocycles. The summed E-state index contributed by atoms with van der Waals surface area (Å²) in [6, 6.07) is 0. The number of carbonyl (C=O) groups excluding carboxylic acids is 1. The van der Waals surface area contributed by atoms with Gasteiger partial charge in [0, 0.05) is 0 Å². The van der Waals surface area contributed by atoms with Gasteiger partial charge in [-0.3, -0.25) is 4.52 Å². The molecule has 0 spiro atoms. The van der Waals surface area contributed by atoms with Gasteiger partial charge in [0.05, 0.1) is 6.61 Å². The molecule has 0 amide bonds. The molecule has 0 aromatic heterocycles. The number of halogens is 1. The smallest absolute Gasteiger partial charge is 0.394 e. The van der Waals surface area contributed by atoms with E-state index in [0.29, 0.717) is 0 Å². The molecule has 0 heterocycles. The highest BCUT2D eigenvalue weighted by molar-refractivity contribution is 14.1. The van der Waals surface area contributed by atoms with Gasteiger partial charge in [0.25, 0.3) is 0 Å². The largest absolute Gasteiger partial charge is 0.516 e. The minimum absolute atomic E-state index is 0.149. The van der Waals surface area contributed by atoms with Crippen LogP contribution in [-0.2, 0) is 21.4 Å². The van der Waals surface area contributed by atoms with Crippen molar-refractivity contribution in [2.24, 2.45) is 0 Å². The van der Waals surface area contributed by atoms with Gasteiger partial charge in [-0.15, -0.1) is 10.1 Å². The molecule has 118 valence electrons. The lowest BCUT2D eigenvalue weighted by atomic mass is 10.0. The van der Waals surface area contributed by atoms with E-state index in [0.717, 1.165) is 23.0 Å². The number of aldehydes is 1. The first kappa shape index (κ1) is 19.6.